The molecule has 0 aromatic heterocycles. The van der Waals surface area contributed by atoms with Gasteiger partial charge in [-0.1, -0.05) is 12.2 Å². The van der Waals surface area contributed by atoms with Crippen molar-refractivity contribution < 1.29 is 19.5 Å². The summed E-state index contributed by atoms with van der Waals surface area (Å²) in [5.74, 6) is -1.24. The van der Waals surface area contributed by atoms with Crippen molar-refractivity contribution in [2.75, 3.05) is 0 Å². The maximum absolute atomic E-state index is 11.5. The third-order valence-electron chi connectivity index (χ3n) is 2.90. The van der Waals surface area contributed by atoms with Gasteiger partial charge in [0.15, 0.2) is 0 Å². The van der Waals surface area contributed by atoms with E-state index < -0.39 is 12.0 Å². The van der Waals surface area contributed by atoms with E-state index in [2.05, 4.69) is 16.7 Å². The van der Waals surface area contributed by atoms with E-state index in [1.165, 1.54) is 0 Å². The molecule has 0 spiro atoms. The second kappa shape index (κ2) is 8.29. The lowest BCUT2D eigenvalue weighted by Crippen LogP contribution is -2.44. The first kappa shape index (κ1) is 15.2. The van der Waals surface area contributed by atoms with Gasteiger partial charge in [-0.25, -0.2) is 4.79 Å². The van der Waals surface area contributed by atoms with Gasteiger partial charge in [-0.05, 0) is 32.1 Å². The molecular weight excluding hydrogens is 248 g/mol. The number of carbonyl (C=O) groups excluding carboxylic acids is 2. The molecule has 0 saturated carbocycles. The fraction of sp³-hybridized carbons (Fsp3) is 0.615. The van der Waals surface area contributed by atoms with Gasteiger partial charge < -0.3 is 10.4 Å². The van der Waals surface area contributed by atoms with Crippen molar-refractivity contribution in [2.24, 2.45) is 0 Å². The van der Waals surface area contributed by atoms with Crippen molar-refractivity contribution in [1.82, 2.24) is 10.6 Å². The predicted molar refractivity (Wildman–Crippen MR) is 69.6 cm³/mol. The van der Waals surface area contributed by atoms with Gasteiger partial charge in [0.05, 0.1) is 0 Å². The molecule has 0 heterocycles. The Kier molecular flexibility index (Phi) is 6.63. The minimum atomic E-state index is -0.872. The van der Waals surface area contributed by atoms with E-state index in [1.807, 2.05) is 6.08 Å². The Balaban J connectivity index is 2.11. The van der Waals surface area contributed by atoms with Crippen LogP contribution in [0.5, 0.6) is 0 Å². The lowest BCUT2D eigenvalue weighted by Gasteiger charge is -2.19. The molecule has 1 aliphatic rings. The summed E-state index contributed by atoms with van der Waals surface area (Å²) in [6, 6.07) is -0.381. The van der Waals surface area contributed by atoms with Crippen LogP contribution in [0.15, 0.2) is 12.2 Å². The zero-order valence-corrected chi connectivity index (χ0v) is 10.9. The average Bonchev–Trinajstić information content (AvgIpc) is 2.35. The number of unbranched alkanes of at least 4 members (excludes halogenated alkanes) is 1. The lowest BCUT2D eigenvalue weighted by atomic mass is 10.0. The standard InChI is InChI=1S/C13H20N2O4/c16-11(8-4-5-9-12(17)18)15-13(19)14-10-6-2-1-3-7-10/h1-2,10H,3-9H2,(H,17,18)(H2,14,15,16,19). The SMILES string of the molecule is O=C(O)CCCCC(=O)NC(=O)NC1CC=CCC1. The van der Waals surface area contributed by atoms with Crippen molar-refractivity contribution in [3.63, 3.8) is 0 Å². The summed E-state index contributed by atoms with van der Waals surface area (Å²) in [4.78, 5) is 33.2. The monoisotopic (exact) mass is 268 g/mol. The number of carboxylic acid groups (broad SMARTS) is 1. The van der Waals surface area contributed by atoms with Crippen LogP contribution in [0.1, 0.15) is 44.9 Å². The van der Waals surface area contributed by atoms with E-state index in [4.69, 9.17) is 5.11 Å². The van der Waals surface area contributed by atoms with Gasteiger partial charge >= 0.3 is 12.0 Å². The summed E-state index contributed by atoms with van der Waals surface area (Å²) in [5.41, 5.74) is 0. The Morgan fingerprint density at radius 2 is 1.89 bits per heavy atom. The van der Waals surface area contributed by atoms with Crippen LogP contribution in [0.4, 0.5) is 4.79 Å². The van der Waals surface area contributed by atoms with Crippen LogP contribution < -0.4 is 10.6 Å². The first-order chi connectivity index (χ1) is 9.08. The molecule has 1 aliphatic carbocycles. The van der Waals surface area contributed by atoms with Crippen LogP contribution in [-0.2, 0) is 9.59 Å². The van der Waals surface area contributed by atoms with Gasteiger partial charge in [0.25, 0.3) is 0 Å². The van der Waals surface area contributed by atoms with Gasteiger partial charge in [-0.3, -0.25) is 14.9 Å². The number of hydrogen-bond acceptors (Lipinski definition) is 3. The van der Waals surface area contributed by atoms with Crippen molar-refractivity contribution in [3.8, 4) is 0 Å². The normalized spacial score (nSPS) is 17.8. The van der Waals surface area contributed by atoms with Gasteiger partial charge in [0.1, 0.15) is 0 Å². The second-order valence-electron chi connectivity index (χ2n) is 4.60. The van der Waals surface area contributed by atoms with Crippen molar-refractivity contribution in [3.05, 3.63) is 12.2 Å². The Bertz CT molecular complexity index is 366. The number of hydrogen-bond donors (Lipinski definition) is 3. The highest BCUT2D eigenvalue weighted by Crippen LogP contribution is 2.10. The smallest absolute Gasteiger partial charge is 0.321 e. The molecule has 0 aromatic rings. The van der Waals surface area contributed by atoms with Crippen LogP contribution in [-0.4, -0.2) is 29.1 Å². The molecule has 6 nitrogen and oxygen atoms in total. The van der Waals surface area contributed by atoms with Crippen LogP contribution in [0.3, 0.4) is 0 Å². The molecule has 0 radical (unpaired) electrons. The summed E-state index contributed by atoms with van der Waals surface area (Å²) in [5, 5.41) is 13.4. The number of carboxylic acids is 1. The molecule has 1 unspecified atom stereocenters. The molecule has 0 aromatic carbocycles. The molecule has 1 rings (SSSR count). The molecule has 3 amide bonds. The van der Waals surface area contributed by atoms with E-state index in [-0.39, 0.29) is 24.8 Å². The third kappa shape index (κ3) is 7.23. The number of urea groups is 1. The lowest BCUT2D eigenvalue weighted by molar-refractivity contribution is -0.137. The topological polar surface area (TPSA) is 95.5 Å². The highest BCUT2D eigenvalue weighted by atomic mass is 16.4. The fourth-order valence-corrected chi connectivity index (χ4v) is 1.90. The molecule has 6 heteroatoms. The van der Waals surface area contributed by atoms with E-state index >= 15 is 0 Å². The zero-order valence-electron chi connectivity index (χ0n) is 10.9. The minimum Gasteiger partial charge on any atom is -0.481 e. The van der Waals surface area contributed by atoms with Crippen molar-refractivity contribution in [1.29, 1.82) is 0 Å². The molecular formula is C13H20N2O4. The highest BCUT2D eigenvalue weighted by molar-refractivity contribution is 5.94. The van der Waals surface area contributed by atoms with Gasteiger partial charge in [0.2, 0.25) is 5.91 Å². The Hall–Kier alpha value is -1.85. The van der Waals surface area contributed by atoms with Crippen LogP contribution in [0.25, 0.3) is 0 Å². The second-order valence-corrected chi connectivity index (χ2v) is 4.60. The summed E-state index contributed by atoms with van der Waals surface area (Å²) >= 11 is 0. The molecule has 3 N–H and O–H groups in total. The third-order valence-corrected chi connectivity index (χ3v) is 2.90. The number of rotatable bonds is 6. The number of carbonyl (C=O) groups is 3. The maximum atomic E-state index is 11.5. The molecule has 0 bridgehead atoms. The average molecular weight is 268 g/mol. The first-order valence-corrected chi connectivity index (χ1v) is 6.55. The van der Waals surface area contributed by atoms with Crippen LogP contribution in [0, 0.1) is 0 Å². The van der Waals surface area contributed by atoms with E-state index in [9.17, 15) is 14.4 Å². The highest BCUT2D eigenvalue weighted by Gasteiger charge is 2.14. The Labute approximate surface area is 112 Å². The predicted octanol–water partition coefficient (Wildman–Crippen LogP) is 1.57. The van der Waals surface area contributed by atoms with Crippen LogP contribution >= 0.6 is 0 Å². The summed E-state index contributed by atoms with van der Waals surface area (Å²) in [7, 11) is 0. The minimum absolute atomic E-state index is 0.0495. The summed E-state index contributed by atoms with van der Waals surface area (Å²) in [6.45, 7) is 0. The Morgan fingerprint density at radius 3 is 2.53 bits per heavy atom. The number of nitrogens with one attached hydrogen (secondary N) is 2. The molecule has 0 aliphatic heterocycles. The van der Waals surface area contributed by atoms with E-state index in [0.717, 1.165) is 19.3 Å². The van der Waals surface area contributed by atoms with Crippen LogP contribution in [0.2, 0.25) is 0 Å². The number of imide groups is 1. The molecule has 1 atom stereocenters. The number of allylic oxidation sites excluding steroid dienone is 1. The Morgan fingerprint density at radius 1 is 1.16 bits per heavy atom. The first-order valence-electron chi connectivity index (χ1n) is 6.55. The number of aliphatic carboxylic acids is 1. The number of amides is 3. The molecule has 106 valence electrons. The van der Waals surface area contributed by atoms with E-state index in [0.29, 0.717) is 12.8 Å². The largest absolute Gasteiger partial charge is 0.481 e. The quantitative estimate of drug-likeness (QED) is 0.503. The van der Waals surface area contributed by atoms with Crippen molar-refractivity contribution in [2.45, 2.75) is 51.0 Å². The van der Waals surface area contributed by atoms with Gasteiger partial charge in [0, 0.05) is 18.9 Å². The zero-order chi connectivity index (χ0) is 14.1. The molecule has 0 fully saturated rings. The molecule has 19 heavy (non-hydrogen) atoms. The maximum Gasteiger partial charge on any atom is 0.321 e. The van der Waals surface area contributed by atoms with E-state index in [1.54, 1.807) is 0 Å². The summed E-state index contributed by atoms with van der Waals surface area (Å²) in [6.07, 6.45) is 7.84. The molecule has 0 saturated heterocycles. The summed E-state index contributed by atoms with van der Waals surface area (Å²) < 4.78 is 0. The fourth-order valence-electron chi connectivity index (χ4n) is 1.90. The van der Waals surface area contributed by atoms with Gasteiger partial charge in [-0.2, -0.15) is 0 Å². The van der Waals surface area contributed by atoms with Gasteiger partial charge in [-0.15, -0.1) is 0 Å². The van der Waals surface area contributed by atoms with Crippen molar-refractivity contribution >= 4 is 17.9 Å².